The number of hydrogen-bond acceptors (Lipinski definition) is 13. The molecule has 0 atom stereocenters. The predicted octanol–water partition coefficient (Wildman–Crippen LogP) is 7.63. The normalized spacial score (nSPS) is 14.7. The van der Waals surface area contributed by atoms with Crippen LogP contribution in [-0.2, 0) is 17.9 Å². The zero-order valence-electron chi connectivity index (χ0n) is 26.3. The van der Waals surface area contributed by atoms with Gasteiger partial charge in [-0.15, -0.1) is 22.7 Å². The summed E-state index contributed by atoms with van der Waals surface area (Å²) >= 11 is 6.31. The van der Waals surface area contributed by atoms with Gasteiger partial charge in [-0.05, 0) is 78.2 Å². The number of aldehydes is 1. The predicted molar refractivity (Wildman–Crippen MR) is 203 cm³/mol. The van der Waals surface area contributed by atoms with Crippen LogP contribution in [0.2, 0.25) is 0 Å². The van der Waals surface area contributed by atoms with Crippen molar-refractivity contribution in [3.05, 3.63) is 103 Å². The third-order valence-electron chi connectivity index (χ3n) is 7.24. The Morgan fingerprint density at radius 3 is 2.55 bits per heavy atom. The number of hydrogen-bond donors (Lipinski definition) is 4. The Morgan fingerprint density at radius 1 is 1.04 bits per heavy atom. The first-order valence-corrected chi connectivity index (χ1v) is 18.5. The van der Waals surface area contributed by atoms with Crippen LogP contribution in [0.3, 0.4) is 0 Å². The van der Waals surface area contributed by atoms with Gasteiger partial charge in [-0.25, -0.2) is 15.0 Å². The summed E-state index contributed by atoms with van der Waals surface area (Å²) in [5, 5.41) is 22.6. The van der Waals surface area contributed by atoms with Crippen LogP contribution in [0.4, 0.5) is 10.9 Å². The van der Waals surface area contributed by atoms with Crippen molar-refractivity contribution in [2.45, 2.75) is 26.9 Å². The molecule has 0 aromatic carbocycles. The number of amides is 1. The average molecular weight is 727 g/mol. The molecule has 0 saturated carbocycles. The molecule has 248 valence electrons. The molecule has 4 N–H and O–H groups in total. The fourth-order valence-corrected chi connectivity index (χ4v) is 7.78. The van der Waals surface area contributed by atoms with Gasteiger partial charge >= 0.3 is 0 Å². The van der Waals surface area contributed by atoms with E-state index in [2.05, 4.69) is 77.3 Å². The number of allylic oxidation sites excluding steroid dienone is 1. The second kappa shape index (κ2) is 16.0. The monoisotopic (exact) mass is 726 g/mol. The SMILES string of the molecule is Cc1ccsc1CN=C1NC(=O)CS1.Cc1ccsc1CNc1nc(O)c(C=C2C=Nc3ncccc32)s1.O=Cc1c[nH]c2ncccc12. The van der Waals surface area contributed by atoms with E-state index in [0.29, 0.717) is 40.2 Å². The molecule has 1 amide bonds. The van der Waals surface area contributed by atoms with Crippen molar-refractivity contribution in [1.82, 2.24) is 25.3 Å². The summed E-state index contributed by atoms with van der Waals surface area (Å²) in [6.45, 7) is 5.55. The summed E-state index contributed by atoms with van der Waals surface area (Å²) in [6.07, 6.45) is 9.54. The Kier molecular flexibility index (Phi) is 11.0. The lowest BCUT2D eigenvalue weighted by atomic mass is 10.1. The van der Waals surface area contributed by atoms with Crippen molar-refractivity contribution in [2.75, 3.05) is 11.1 Å². The molecular formula is C34H30N8O3S4. The molecule has 15 heteroatoms. The van der Waals surface area contributed by atoms with E-state index < -0.39 is 0 Å². The van der Waals surface area contributed by atoms with Gasteiger partial charge in [0.2, 0.25) is 11.8 Å². The number of amidine groups is 1. The molecule has 0 radical (unpaired) electrons. The number of H-pyrrole nitrogens is 1. The van der Waals surface area contributed by atoms with Crippen molar-refractivity contribution in [3.63, 3.8) is 0 Å². The fraction of sp³-hybridized carbons (Fsp3) is 0.147. The number of carbonyl (C=O) groups is 2. The minimum Gasteiger partial charge on any atom is -0.492 e. The molecule has 49 heavy (non-hydrogen) atoms. The molecule has 1 fully saturated rings. The van der Waals surface area contributed by atoms with Crippen molar-refractivity contribution < 1.29 is 14.7 Å². The first-order chi connectivity index (χ1) is 23.9. The van der Waals surface area contributed by atoms with Gasteiger partial charge < -0.3 is 20.7 Å². The fourth-order valence-electron chi connectivity index (χ4n) is 4.61. The topological polar surface area (TPSA) is 158 Å². The second-order valence-electron chi connectivity index (χ2n) is 10.6. The lowest BCUT2D eigenvalue weighted by Crippen LogP contribution is -2.20. The minimum atomic E-state index is 0.0311. The number of thioether (sulfide) groups is 1. The summed E-state index contributed by atoms with van der Waals surface area (Å²) in [5.41, 5.74) is 5.85. The van der Waals surface area contributed by atoms with Crippen LogP contribution in [-0.4, -0.2) is 54.4 Å². The van der Waals surface area contributed by atoms with Crippen LogP contribution in [0.1, 0.15) is 41.7 Å². The number of aromatic hydroxyl groups is 1. The van der Waals surface area contributed by atoms with Gasteiger partial charge in [-0.2, -0.15) is 4.98 Å². The zero-order chi connectivity index (χ0) is 34.2. The summed E-state index contributed by atoms with van der Waals surface area (Å²) in [5.74, 6) is 1.29. The maximum atomic E-state index is 10.9. The number of anilines is 1. The Balaban J connectivity index is 0.000000141. The molecular weight excluding hydrogens is 697 g/mol. The quantitative estimate of drug-likeness (QED) is 0.122. The maximum Gasteiger partial charge on any atom is 0.236 e. The smallest absolute Gasteiger partial charge is 0.236 e. The highest BCUT2D eigenvalue weighted by molar-refractivity contribution is 8.15. The highest BCUT2D eigenvalue weighted by Crippen LogP contribution is 2.35. The third kappa shape index (κ3) is 8.56. The van der Waals surface area contributed by atoms with E-state index >= 15 is 0 Å². The summed E-state index contributed by atoms with van der Waals surface area (Å²) in [4.78, 5) is 48.5. The van der Waals surface area contributed by atoms with E-state index in [9.17, 15) is 14.7 Å². The van der Waals surface area contributed by atoms with E-state index in [-0.39, 0.29) is 11.8 Å². The lowest BCUT2D eigenvalue weighted by Gasteiger charge is -2.00. The molecule has 6 aromatic heterocycles. The summed E-state index contributed by atoms with van der Waals surface area (Å²) in [6, 6.07) is 11.7. The first-order valence-electron chi connectivity index (χ1n) is 14.9. The number of aryl methyl sites for hydroxylation is 2. The van der Waals surface area contributed by atoms with Crippen LogP contribution in [0, 0.1) is 13.8 Å². The van der Waals surface area contributed by atoms with Crippen molar-refractivity contribution in [3.8, 4) is 5.88 Å². The number of pyridine rings is 2. The second-order valence-corrected chi connectivity index (χ2v) is 14.6. The van der Waals surface area contributed by atoms with Gasteiger partial charge in [0.15, 0.2) is 22.4 Å². The van der Waals surface area contributed by atoms with E-state index in [4.69, 9.17) is 0 Å². The number of aromatic nitrogens is 4. The molecule has 0 bridgehead atoms. The van der Waals surface area contributed by atoms with E-state index in [1.807, 2.05) is 30.3 Å². The van der Waals surface area contributed by atoms with Crippen molar-refractivity contribution >= 4 is 103 Å². The van der Waals surface area contributed by atoms with Crippen molar-refractivity contribution in [2.24, 2.45) is 9.98 Å². The number of nitrogens with zero attached hydrogens (tertiary/aromatic N) is 5. The van der Waals surface area contributed by atoms with E-state index in [0.717, 1.165) is 33.6 Å². The van der Waals surface area contributed by atoms with Crippen LogP contribution >= 0.6 is 45.8 Å². The van der Waals surface area contributed by atoms with Crippen LogP contribution < -0.4 is 10.6 Å². The van der Waals surface area contributed by atoms with Gasteiger partial charge in [0.05, 0.1) is 23.7 Å². The van der Waals surface area contributed by atoms with Crippen LogP contribution in [0.5, 0.6) is 5.88 Å². The zero-order valence-corrected chi connectivity index (χ0v) is 29.6. The van der Waals surface area contributed by atoms with Crippen molar-refractivity contribution in [1.29, 1.82) is 0 Å². The molecule has 0 unspecified atom stereocenters. The molecule has 8 heterocycles. The van der Waals surface area contributed by atoms with Gasteiger partial charge in [0.1, 0.15) is 5.65 Å². The number of rotatable bonds is 7. The molecule has 2 aliphatic heterocycles. The van der Waals surface area contributed by atoms with Gasteiger partial charge in [0, 0.05) is 56.6 Å². The molecule has 8 rings (SSSR count). The van der Waals surface area contributed by atoms with Gasteiger partial charge in [-0.3, -0.25) is 14.6 Å². The molecule has 2 aliphatic rings. The Morgan fingerprint density at radius 2 is 1.82 bits per heavy atom. The standard InChI is InChI=1S/C17H14N4OS2.C9H10N2OS2.C8H6N2O/c1-10-4-6-23-14(10)9-20-17-21-16(22)13(24-17)7-11-8-19-15-12(11)3-2-5-18-15;1-6-2-3-13-7(6)4-10-9-11-8(12)5-14-9;11-5-6-4-10-8-7(6)2-1-3-9-8/h2-8,22H,9H2,1H3,(H,20,21);2-3H,4-5H2,1H3,(H,10,11,12);1-5H,(H,9,10). The molecule has 0 spiro atoms. The van der Waals surface area contributed by atoms with E-state index in [1.54, 1.807) is 47.5 Å². The van der Waals surface area contributed by atoms with E-state index in [1.165, 1.54) is 44.0 Å². The summed E-state index contributed by atoms with van der Waals surface area (Å²) in [7, 11) is 0. The number of fused-ring (bicyclic) bond motifs is 2. The molecule has 0 aliphatic carbocycles. The minimum absolute atomic E-state index is 0.0311. The lowest BCUT2D eigenvalue weighted by molar-refractivity contribution is -0.116. The Bertz CT molecular complexity index is 2190. The third-order valence-corrected chi connectivity index (χ3v) is 11.1. The number of thiazole rings is 1. The number of nitrogens with one attached hydrogen (secondary N) is 3. The van der Waals surface area contributed by atoms with Crippen LogP contribution in [0.15, 0.2) is 75.7 Å². The highest BCUT2D eigenvalue weighted by atomic mass is 32.2. The Labute approximate surface area is 298 Å². The van der Waals surface area contributed by atoms with Gasteiger partial charge in [-0.1, -0.05) is 23.1 Å². The average Bonchev–Trinajstić information content (AvgIpc) is 3.97. The Hall–Kier alpha value is -4.96. The largest absolute Gasteiger partial charge is 0.492 e. The summed E-state index contributed by atoms with van der Waals surface area (Å²) < 4.78 is 0. The highest BCUT2D eigenvalue weighted by Gasteiger charge is 2.17. The van der Waals surface area contributed by atoms with Crippen LogP contribution in [0.25, 0.3) is 22.7 Å². The molecule has 1 saturated heterocycles. The number of aliphatic imine (C=N–C) groups is 2. The number of thiophene rings is 2. The maximum absolute atomic E-state index is 10.9. The first kappa shape index (κ1) is 33.9. The van der Waals surface area contributed by atoms with Gasteiger partial charge in [0.25, 0.3) is 0 Å². The number of aromatic amines is 1. The number of carbonyl (C=O) groups excluding carboxylic acids is 2. The molecule has 11 nitrogen and oxygen atoms in total. The molecule has 6 aromatic rings.